The summed E-state index contributed by atoms with van der Waals surface area (Å²) in [4.78, 5) is 13.5. The molecule has 0 bridgehead atoms. The topological polar surface area (TPSA) is 83.7 Å². The van der Waals surface area contributed by atoms with E-state index in [4.69, 9.17) is 4.52 Å². The number of sulfonamides is 1. The number of amides is 1. The monoisotopic (exact) mass is 349 g/mol. The van der Waals surface area contributed by atoms with Gasteiger partial charge in [-0.15, -0.1) is 0 Å². The summed E-state index contributed by atoms with van der Waals surface area (Å²) in [6, 6.07) is 5.14. The van der Waals surface area contributed by atoms with Crippen molar-refractivity contribution in [3.63, 3.8) is 0 Å². The lowest BCUT2D eigenvalue weighted by molar-refractivity contribution is 0.0827. The summed E-state index contributed by atoms with van der Waals surface area (Å²) in [7, 11) is -0.179. The molecule has 0 radical (unpaired) electrons. The van der Waals surface area contributed by atoms with Crippen molar-refractivity contribution in [2.45, 2.75) is 19.1 Å². The summed E-state index contributed by atoms with van der Waals surface area (Å²) in [6.45, 7) is 2.13. The highest BCUT2D eigenvalue weighted by Gasteiger charge is 2.31. The largest absolute Gasteiger partial charge is 0.364 e. The summed E-state index contributed by atoms with van der Waals surface area (Å²) in [5.41, 5.74) is 3.19. The molecule has 7 nitrogen and oxygen atoms in total. The molecule has 3 rings (SSSR count). The fourth-order valence-corrected chi connectivity index (χ4v) is 4.38. The first-order chi connectivity index (χ1) is 11.3. The van der Waals surface area contributed by atoms with Gasteiger partial charge < -0.3 is 9.42 Å². The van der Waals surface area contributed by atoms with E-state index < -0.39 is 10.0 Å². The summed E-state index contributed by atoms with van der Waals surface area (Å²) in [6.07, 6.45) is 2.02. The third kappa shape index (κ3) is 2.89. The van der Waals surface area contributed by atoms with Crippen LogP contribution in [-0.4, -0.2) is 45.0 Å². The molecule has 2 heterocycles. The SMILES string of the molecule is Cc1conc1CS(=O)(=O)N1CCc2cc(C(=O)N(C)C)ccc21. The first-order valence-electron chi connectivity index (χ1n) is 7.54. The summed E-state index contributed by atoms with van der Waals surface area (Å²) in [5, 5.41) is 3.75. The van der Waals surface area contributed by atoms with Crippen molar-refractivity contribution in [1.82, 2.24) is 10.1 Å². The van der Waals surface area contributed by atoms with E-state index in [9.17, 15) is 13.2 Å². The number of fused-ring (bicyclic) bond motifs is 1. The van der Waals surface area contributed by atoms with Crippen molar-refractivity contribution in [2.75, 3.05) is 24.9 Å². The lowest BCUT2D eigenvalue weighted by atomic mass is 10.1. The number of aromatic nitrogens is 1. The van der Waals surface area contributed by atoms with Crippen molar-refractivity contribution >= 4 is 21.6 Å². The summed E-state index contributed by atoms with van der Waals surface area (Å²) < 4.78 is 31.6. The van der Waals surface area contributed by atoms with E-state index in [0.717, 1.165) is 5.56 Å². The second-order valence-electron chi connectivity index (χ2n) is 6.07. The number of hydrogen-bond acceptors (Lipinski definition) is 5. The van der Waals surface area contributed by atoms with E-state index in [-0.39, 0.29) is 11.7 Å². The summed E-state index contributed by atoms with van der Waals surface area (Å²) >= 11 is 0. The van der Waals surface area contributed by atoms with Crippen molar-refractivity contribution < 1.29 is 17.7 Å². The van der Waals surface area contributed by atoms with Crippen molar-refractivity contribution in [2.24, 2.45) is 0 Å². The van der Waals surface area contributed by atoms with Crippen LogP contribution in [0, 0.1) is 6.92 Å². The Morgan fingerprint density at radius 2 is 2.12 bits per heavy atom. The molecule has 0 saturated heterocycles. The lowest BCUT2D eigenvalue weighted by Crippen LogP contribution is -2.30. The van der Waals surface area contributed by atoms with Crippen LogP contribution in [0.15, 0.2) is 29.0 Å². The molecule has 1 amide bonds. The van der Waals surface area contributed by atoms with Crippen molar-refractivity contribution in [1.29, 1.82) is 0 Å². The number of nitrogens with zero attached hydrogens (tertiary/aromatic N) is 3. The van der Waals surface area contributed by atoms with Gasteiger partial charge in [0.15, 0.2) is 0 Å². The van der Waals surface area contributed by atoms with Crippen molar-refractivity contribution in [3.05, 3.63) is 46.8 Å². The molecule has 2 aromatic rings. The third-order valence-electron chi connectivity index (χ3n) is 4.09. The predicted molar refractivity (Wildman–Crippen MR) is 89.4 cm³/mol. The predicted octanol–water partition coefficient (Wildman–Crippen LogP) is 1.58. The van der Waals surface area contributed by atoms with E-state index >= 15 is 0 Å². The number of rotatable bonds is 4. The first kappa shape index (κ1) is 16.5. The van der Waals surface area contributed by atoms with Crippen LogP contribution in [0.4, 0.5) is 5.69 Å². The smallest absolute Gasteiger partial charge is 0.253 e. The Bertz CT molecular complexity index is 886. The number of benzene rings is 1. The maximum atomic E-state index is 12.7. The number of anilines is 1. The van der Waals surface area contributed by atoms with Gasteiger partial charge in [0.25, 0.3) is 5.91 Å². The Balaban J connectivity index is 1.89. The molecule has 0 N–H and O–H groups in total. The number of carbonyl (C=O) groups excluding carboxylic acids is 1. The van der Waals surface area contributed by atoms with Gasteiger partial charge in [-0.3, -0.25) is 9.10 Å². The molecular formula is C16H19N3O4S. The fourth-order valence-electron chi connectivity index (χ4n) is 2.75. The molecular weight excluding hydrogens is 330 g/mol. The minimum absolute atomic E-state index is 0.0997. The third-order valence-corrected chi connectivity index (χ3v) is 5.78. The van der Waals surface area contributed by atoms with Crippen LogP contribution in [0.3, 0.4) is 0 Å². The van der Waals surface area contributed by atoms with Crippen LogP contribution >= 0.6 is 0 Å². The highest BCUT2D eigenvalue weighted by atomic mass is 32.2. The minimum Gasteiger partial charge on any atom is -0.364 e. The Morgan fingerprint density at radius 1 is 1.38 bits per heavy atom. The van der Waals surface area contributed by atoms with E-state index in [1.165, 1.54) is 15.5 Å². The van der Waals surface area contributed by atoms with Crippen LogP contribution in [0.1, 0.15) is 27.2 Å². The molecule has 0 atom stereocenters. The van der Waals surface area contributed by atoms with Gasteiger partial charge in [-0.05, 0) is 37.1 Å². The second kappa shape index (κ2) is 5.94. The molecule has 0 fully saturated rings. The standard InChI is InChI=1S/C16H19N3O4S/c1-11-9-23-17-14(11)10-24(21,22)19-7-6-12-8-13(4-5-15(12)19)16(20)18(2)3/h4-5,8-9H,6-7,10H2,1-3H3. The van der Waals surface area contributed by atoms with Gasteiger partial charge in [0.05, 0.1) is 5.69 Å². The zero-order valence-electron chi connectivity index (χ0n) is 13.8. The average molecular weight is 349 g/mol. The number of carbonyl (C=O) groups is 1. The minimum atomic E-state index is -3.55. The van der Waals surface area contributed by atoms with Crippen LogP contribution in [0.5, 0.6) is 0 Å². The molecule has 1 aromatic carbocycles. The van der Waals surface area contributed by atoms with Crippen molar-refractivity contribution in [3.8, 4) is 0 Å². The van der Waals surface area contributed by atoms with Crippen LogP contribution in [0.2, 0.25) is 0 Å². The maximum Gasteiger partial charge on any atom is 0.253 e. The molecule has 0 unspecified atom stereocenters. The van der Waals surface area contributed by atoms with Gasteiger partial charge in [-0.2, -0.15) is 0 Å². The zero-order valence-corrected chi connectivity index (χ0v) is 14.6. The molecule has 1 aliphatic rings. The van der Waals surface area contributed by atoms with E-state index in [0.29, 0.717) is 35.5 Å². The lowest BCUT2D eigenvalue weighted by Gasteiger charge is -2.19. The second-order valence-corrected chi connectivity index (χ2v) is 7.96. The van der Waals surface area contributed by atoms with E-state index in [2.05, 4.69) is 5.16 Å². The average Bonchev–Trinajstić information content (AvgIpc) is 3.12. The molecule has 24 heavy (non-hydrogen) atoms. The van der Waals surface area contributed by atoms with Crippen LogP contribution in [-0.2, 0) is 22.2 Å². The van der Waals surface area contributed by atoms with E-state index in [1.54, 1.807) is 39.2 Å². The van der Waals surface area contributed by atoms with Crippen LogP contribution < -0.4 is 4.31 Å². The highest BCUT2D eigenvalue weighted by Crippen LogP contribution is 2.32. The van der Waals surface area contributed by atoms with Gasteiger partial charge in [-0.25, -0.2) is 8.42 Å². The quantitative estimate of drug-likeness (QED) is 0.837. The van der Waals surface area contributed by atoms with Gasteiger partial charge >= 0.3 is 0 Å². The zero-order chi connectivity index (χ0) is 17.5. The fraction of sp³-hybridized carbons (Fsp3) is 0.375. The Morgan fingerprint density at radius 3 is 2.75 bits per heavy atom. The number of aryl methyl sites for hydroxylation is 1. The van der Waals surface area contributed by atoms with Gasteiger partial charge in [0.1, 0.15) is 17.7 Å². The molecule has 8 heteroatoms. The Hall–Kier alpha value is -2.35. The van der Waals surface area contributed by atoms with Gasteiger partial charge in [0.2, 0.25) is 10.0 Å². The maximum absolute atomic E-state index is 12.7. The molecule has 0 saturated carbocycles. The van der Waals surface area contributed by atoms with Gasteiger partial charge in [0, 0.05) is 31.8 Å². The first-order valence-corrected chi connectivity index (χ1v) is 9.15. The normalized spacial score (nSPS) is 13.9. The molecule has 1 aliphatic heterocycles. The molecule has 128 valence electrons. The Kier molecular flexibility index (Phi) is 4.08. The van der Waals surface area contributed by atoms with Crippen LogP contribution in [0.25, 0.3) is 0 Å². The number of hydrogen-bond donors (Lipinski definition) is 0. The summed E-state index contributed by atoms with van der Waals surface area (Å²) in [5.74, 6) is -0.301. The molecule has 1 aromatic heterocycles. The van der Waals surface area contributed by atoms with E-state index in [1.807, 2.05) is 0 Å². The van der Waals surface area contributed by atoms with Gasteiger partial charge in [-0.1, -0.05) is 5.16 Å². The highest BCUT2D eigenvalue weighted by molar-refractivity contribution is 7.92. The molecule has 0 aliphatic carbocycles. The Labute approximate surface area is 140 Å². The molecule has 0 spiro atoms.